The minimum Gasteiger partial charge on any atom is -0.293 e. The molecule has 2 aromatic rings. The highest BCUT2D eigenvalue weighted by molar-refractivity contribution is 7.20. The summed E-state index contributed by atoms with van der Waals surface area (Å²) in [6, 6.07) is 6.49. The lowest BCUT2D eigenvalue weighted by Gasteiger charge is -1.95. The highest BCUT2D eigenvalue weighted by Crippen LogP contribution is 2.34. The summed E-state index contributed by atoms with van der Waals surface area (Å²) < 4.78 is 14.0. The number of hydrogen-bond donors (Lipinski definition) is 0. The number of carbonyl (C=O) groups is 1. The van der Waals surface area contributed by atoms with Crippen LogP contribution >= 0.6 is 11.3 Å². The van der Waals surface area contributed by atoms with Crippen molar-refractivity contribution in [2.45, 2.75) is 25.7 Å². The number of fused-ring (bicyclic) bond motifs is 1. The van der Waals surface area contributed by atoms with Crippen LogP contribution in [0.25, 0.3) is 10.1 Å². The zero-order chi connectivity index (χ0) is 11.8. The molecule has 88 valence electrons. The van der Waals surface area contributed by atoms with Gasteiger partial charge in [0.15, 0.2) is 5.78 Å². The molecule has 0 N–H and O–H groups in total. The predicted octanol–water partition coefficient (Wildman–Crippen LogP) is 4.41. The Morgan fingerprint density at radius 1 is 1.35 bits per heavy atom. The largest absolute Gasteiger partial charge is 0.293 e. The van der Waals surface area contributed by atoms with Gasteiger partial charge in [0.2, 0.25) is 0 Å². The molecule has 0 saturated heterocycles. The van der Waals surface area contributed by atoms with Crippen LogP contribution in [0.3, 0.4) is 0 Å². The number of benzene rings is 1. The van der Waals surface area contributed by atoms with Crippen molar-refractivity contribution in [2.24, 2.45) is 5.92 Å². The molecule has 1 fully saturated rings. The molecule has 17 heavy (non-hydrogen) atoms. The highest BCUT2D eigenvalue weighted by Gasteiger charge is 2.22. The van der Waals surface area contributed by atoms with Crippen molar-refractivity contribution in [3.63, 3.8) is 0 Å². The van der Waals surface area contributed by atoms with E-state index in [0.29, 0.717) is 6.42 Å². The number of Topliss-reactive ketones (excluding diaryl/α,β-unsaturated/α-hetero) is 1. The van der Waals surface area contributed by atoms with Crippen LogP contribution in [-0.4, -0.2) is 5.78 Å². The summed E-state index contributed by atoms with van der Waals surface area (Å²) in [5.41, 5.74) is 0. The van der Waals surface area contributed by atoms with E-state index in [-0.39, 0.29) is 11.6 Å². The summed E-state index contributed by atoms with van der Waals surface area (Å²) in [5, 5.41) is 0.838. The van der Waals surface area contributed by atoms with Crippen LogP contribution in [0.15, 0.2) is 24.3 Å². The second kappa shape index (κ2) is 4.22. The number of rotatable bonds is 4. The molecule has 1 nitrogen and oxygen atoms in total. The minimum absolute atomic E-state index is 0.207. The second-order valence-electron chi connectivity index (χ2n) is 4.70. The van der Waals surface area contributed by atoms with E-state index in [4.69, 9.17) is 0 Å². The molecule has 0 amide bonds. The number of carbonyl (C=O) groups excluding carboxylic acids is 1. The van der Waals surface area contributed by atoms with Crippen molar-refractivity contribution in [1.29, 1.82) is 0 Å². The van der Waals surface area contributed by atoms with Crippen LogP contribution in [0.4, 0.5) is 4.39 Å². The normalized spacial score (nSPS) is 15.4. The van der Waals surface area contributed by atoms with Gasteiger partial charge in [0.1, 0.15) is 5.82 Å². The van der Waals surface area contributed by atoms with Crippen molar-refractivity contribution < 1.29 is 9.18 Å². The van der Waals surface area contributed by atoms with E-state index in [1.54, 1.807) is 6.07 Å². The van der Waals surface area contributed by atoms with E-state index in [1.807, 2.05) is 6.07 Å². The van der Waals surface area contributed by atoms with Crippen LogP contribution in [0.5, 0.6) is 0 Å². The fraction of sp³-hybridized carbons (Fsp3) is 0.357. The number of hydrogen-bond acceptors (Lipinski definition) is 2. The zero-order valence-electron chi connectivity index (χ0n) is 9.41. The molecular formula is C14H13FOS. The van der Waals surface area contributed by atoms with Gasteiger partial charge in [0.25, 0.3) is 0 Å². The molecule has 0 radical (unpaired) electrons. The van der Waals surface area contributed by atoms with Crippen LogP contribution in [0, 0.1) is 11.7 Å². The summed E-state index contributed by atoms with van der Waals surface area (Å²) >= 11 is 1.47. The zero-order valence-corrected chi connectivity index (χ0v) is 10.2. The Labute approximate surface area is 103 Å². The lowest BCUT2D eigenvalue weighted by molar-refractivity contribution is 0.0982. The van der Waals surface area contributed by atoms with Crippen molar-refractivity contribution in [1.82, 2.24) is 0 Å². The van der Waals surface area contributed by atoms with E-state index < -0.39 is 0 Å². The molecule has 1 saturated carbocycles. The molecule has 1 aliphatic rings. The molecule has 0 spiro atoms. The van der Waals surface area contributed by atoms with Gasteiger partial charge < -0.3 is 0 Å². The first-order valence-electron chi connectivity index (χ1n) is 5.95. The SMILES string of the molecule is O=C(CCC1CC1)c1cc2cc(F)ccc2s1. The molecule has 3 heteroatoms. The van der Waals surface area contributed by atoms with E-state index in [0.717, 1.165) is 27.3 Å². The first-order valence-corrected chi connectivity index (χ1v) is 6.76. The summed E-state index contributed by atoms with van der Waals surface area (Å²) in [6.45, 7) is 0. The quantitative estimate of drug-likeness (QED) is 0.732. The van der Waals surface area contributed by atoms with Crippen LogP contribution in [-0.2, 0) is 0 Å². The maximum atomic E-state index is 13.0. The third-order valence-corrected chi connectivity index (χ3v) is 4.39. The van der Waals surface area contributed by atoms with Gasteiger partial charge in [-0.2, -0.15) is 0 Å². The average Bonchev–Trinajstić information content (AvgIpc) is 3.04. The smallest absolute Gasteiger partial charge is 0.172 e. The summed E-state index contributed by atoms with van der Waals surface area (Å²) in [6.07, 6.45) is 4.22. The Morgan fingerprint density at radius 2 is 2.18 bits per heavy atom. The highest BCUT2D eigenvalue weighted by atomic mass is 32.1. The Balaban J connectivity index is 1.81. The predicted molar refractivity (Wildman–Crippen MR) is 68.1 cm³/mol. The Bertz CT molecular complexity index is 569. The van der Waals surface area contributed by atoms with Crippen molar-refractivity contribution in [2.75, 3.05) is 0 Å². The van der Waals surface area contributed by atoms with E-state index in [9.17, 15) is 9.18 Å². The number of thiophene rings is 1. The minimum atomic E-state index is -0.243. The van der Waals surface area contributed by atoms with Gasteiger partial charge in [-0.15, -0.1) is 11.3 Å². The molecule has 3 rings (SSSR count). The van der Waals surface area contributed by atoms with Crippen LogP contribution < -0.4 is 0 Å². The monoisotopic (exact) mass is 248 g/mol. The van der Waals surface area contributed by atoms with Gasteiger partial charge in [0, 0.05) is 11.1 Å². The molecule has 1 heterocycles. The van der Waals surface area contributed by atoms with Crippen LogP contribution in [0.2, 0.25) is 0 Å². The van der Waals surface area contributed by atoms with E-state index in [1.165, 1.54) is 36.3 Å². The Morgan fingerprint density at radius 3 is 2.94 bits per heavy atom. The third-order valence-electron chi connectivity index (χ3n) is 3.23. The first kappa shape index (κ1) is 10.9. The molecular weight excluding hydrogens is 235 g/mol. The van der Waals surface area contributed by atoms with Crippen molar-refractivity contribution in [3.05, 3.63) is 35.0 Å². The maximum absolute atomic E-state index is 13.0. The van der Waals surface area contributed by atoms with E-state index >= 15 is 0 Å². The first-order chi connectivity index (χ1) is 8.22. The maximum Gasteiger partial charge on any atom is 0.172 e. The van der Waals surface area contributed by atoms with Gasteiger partial charge in [0.05, 0.1) is 4.88 Å². The van der Waals surface area contributed by atoms with Crippen molar-refractivity contribution >= 4 is 27.2 Å². The lowest BCUT2D eigenvalue weighted by Crippen LogP contribution is -1.95. The van der Waals surface area contributed by atoms with Gasteiger partial charge in [-0.3, -0.25) is 4.79 Å². The summed E-state index contributed by atoms with van der Waals surface area (Å²) in [5.74, 6) is 0.747. The molecule has 0 atom stereocenters. The van der Waals surface area contributed by atoms with E-state index in [2.05, 4.69) is 0 Å². The van der Waals surface area contributed by atoms with Gasteiger partial charge >= 0.3 is 0 Å². The van der Waals surface area contributed by atoms with Crippen LogP contribution in [0.1, 0.15) is 35.4 Å². The van der Waals surface area contributed by atoms with Gasteiger partial charge in [-0.1, -0.05) is 12.8 Å². The number of halogens is 1. The topological polar surface area (TPSA) is 17.1 Å². The molecule has 0 aliphatic heterocycles. The molecule has 0 bridgehead atoms. The molecule has 1 aliphatic carbocycles. The van der Waals surface area contributed by atoms with Crippen molar-refractivity contribution in [3.8, 4) is 0 Å². The Hall–Kier alpha value is -1.22. The summed E-state index contributed by atoms with van der Waals surface area (Å²) in [4.78, 5) is 12.7. The lowest BCUT2D eigenvalue weighted by atomic mass is 10.1. The molecule has 1 aromatic heterocycles. The standard InChI is InChI=1S/C14H13FOS/c15-11-4-6-13-10(7-11)8-14(17-13)12(16)5-3-9-1-2-9/h4,6-9H,1-3,5H2. The van der Waals surface area contributed by atoms with Gasteiger partial charge in [-0.05, 0) is 42.0 Å². The molecule has 1 aromatic carbocycles. The fourth-order valence-corrected chi connectivity index (χ4v) is 3.03. The molecule has 0 unspecified atom stereocenters. The Kier molecular flexibility index (Phi) is 2.71. The fourth-order valence-electron chi connectivity index (χ4n) is 2.02. The number of ketones is 1. The second-order valence-corrected chi connectivity index (χ2v) is 5.78. The average molecular weight is 248 g/mol. The van der Waals surface area contributed by atoms with Gasteiger partial charge in [-0.25, -0.2) is 4.39 Å². The third kappa shape index (κ3) is 2.39. The summed E-state index contributed by atoms with van der Waals surface area (Å²) in [7, 11) is 0.